The highest BCUT2D eigenvalue weighted by Gasteiger charge is 2.27. The van der Waals surface area contributed by atoms with Crippen molar-refractivity contribution in [3.63, 3.8) is 0 Å². The molecule has 4 nitrogen and oxygen atoms in total. The summed E-state index contributed by atoms with van der Waals surface area (Å²) in [5, 5.41) is 0. The second-order valence-electron chi connectivity index (χ2n) is 12.8. The molecule has 220 valence electrons. The van der Waals surface area contributed by atoms with Gasteiger partial charge in [0.2, 0.25) is 0 Å². The van der Waals surface area contributed by atoms with Crippen LogP contribution in [0.3, 0.4) is 0 Å². The molecular formula is C36H54N2O2. The van der Waals surface area contributed by atoms with Crippen LogP contribution in [0.4, 0.5) is 0 Å². The maximum atomic E-state index is 12.7. The topological polar surface area (TPSA) is 52.1 Å². The van der Waals surface area contributed by atoms with Gasteiger partial charge in [-0.05, 0) is 98.9 Å². The molecule has 0 N–H and O–H groups in total. The number of carbonyl (C=O) groups excluding carboxylic acids is 1. The van der Waals surface area contributed by atoms with E-state index in [9.17, 15) is 4.79 Å². The number of hydrogen-bond donors (Lipinski definition) is 0. The molecule has 2 aliphatic carbocycles. The van der Waals surface area contributed by atoms with E-state index in [-0.39, 0.29) is 11.9 Å². The average molecular weight is 547 g/mol. The number of ether oxygens (including phenoxy) is 1. The fourth-order valence-corrected chi connectivity index (χ4v) is 7.02. The average Bonchev–Trinajstić information content (AvgIpc) is 3.00. The van der Waals surface area contributed by atoms with Crippen molar-refractivity contribution in [3.05, 3.63) is 42.2 Å². The molecule has 0 unspecified atom stereocenters. The van der Waals surface area contributed by atoms with Gasteiger partial charge in [-0.15, -0.1) is 0 Å². The molecule has 0 radical (unpaired) electrons. The molecule has 4 heteroatoms. The fourth-order valence-electron chi connectivity index (χ4n) is 7.02. The van der Waals surface area contributed by atoms with Crippen LogP contribution in [-0.2, 0) is 4.79 Å². The van der Waals surface area contributed by atoms with Gasteiger partial charge in [0.05, 0.1) is 5.92 Å². The first-order valence-electron chi connectivity index (χ1n) is 16.8. The normalized spacial score (nSPS) is 23.1. The zero-order valence-electron chi connectivity index (χ0n) is 25.4. The minimum atomic E-state index is -0.0733. The zero-order valence-corrected chi connectivity index (χ0v) is 25.4. The second kappa shape index (κ2) is 16.9. The lowest BCUT2D eigenvalue weighted by Gasteiger charge is -2.28. The Hall–Kier alpha value is -2.23. The summed E-state index contributed by atoms with van der Waals surface area (Å²) < 4.78 is 5.72. The number of esters is 1. The van der Waals surface area contributed by atoms with E-state index >= 15 is 0 Å². The highest BCUT2D eigenvalue weighted by molar-refractivity contribution is 5.75. The molecule has 2 saturated carbocycles. The smallest absolute Gasteiger partial charge is 0.314 e. The third kappa shape index (κ3) is 9.70. The summed E-state index contributed by atoms with van der Waals surface area (Å²) in [5.41, 5.74) is 2.24. The molecule has 2 aromatic rings. The number of nitrogens with zero attached hydrogens (tertiary/aromatic N) is 2. The summed E-state index contributed by atoms with van der Waals surface area (Å²) in [6.45, 7) is 4.53. The van der Waals surface area contributed by atoms with E-state index in [4.69, 9.17) is 14.7 Å². The van der Waals surface area contributed by atoms with Crippen LogP contribution in [0.2, 0.25) is 0 Å². The zero-order chi connectivity index (χ0) is 28.0. The lowest BCUT2D eigenvalue weighted by atomic mass is 9.77. The van der Waals surface area contributed by atoms with Gasteiger partial charge in [-0.3, -0.25) is 4.79 Å². The van der Waals surface area contributed by atoms with Gasteiger partial charge in [0.25, 0.3) is 0 Å². The number of rotatable bonds is 15. The van der Waals surface area contributed by atoms with Gasteiger partial charge in [0.15, 0.2) is 5.82 Å². The highest BCUT2D eigenvalue weighted by atomic mass is 16.5. The summed E-state index contributed by atoms with van der Waals surface area (Å²) in [4.78, 5) is 22.1. The van der Waals surface area contributed by atoms with Crippen molar-refractivity contribution in [2.24, 2.45) is 17.8 Å². The van der Waals surface area contributed by atoms with E-state index in [0.29, 0.717) is 11.7 Å². The third-order valence-corrected chi connectivity index (χ3v) is 9.66. The van der Waals surface area contributed by atoms with Crippen LogP contribution in [0.5, 0.6) is 5.75 Å². The number of unbranched alkanes of at least 4 members (excludes halogenated alkanes) is 7. The molecule has 0 bridgehead atoms. The highest BCUT2D eigenvalue weighted by Crippen LogP contribution is 2.38. The van der Waals surface area contributed by atoms with Crippen molar-refractivity contribution in [1.82, 2.24) is 9.97 Å². The first-order valence-corrected chi connectivity index (χ1v) is 16.8. The summed E-state index contributed by atoms with van der Waals surface area (Å²) in [5.74, 6) is 3.63. The Bertz CT molecular complexity index is 971. The predicted molar refractivity (Wildman–Crippen MR) is 165 cm³/mol. The minimum absolute atomic E-state index is 0.0452. The van der Waals surface area contributed by atoms with E-state index in [1.807, 2.05) is 36.7 Å². The van der Waals surface area contributed by atoms with Crippen LogP contribution in [-0.4, -0.2) is 15.9 Å². The third-order valence-electron chi connectivity index (χ3n) is 9.66. The molecule has 0 amide bonds. The maximum Gasteiger partial charge on any atom is 0.314 e. The minimum Gasteiger partial charge on any atom is -0.426 e. The first-order chi connectivity index (χ1) is 19.7. The van der Waals surface area contributed by atoms with E-state index < -0.39 is 0 Å². The molecular weight excluding hydrogens is 492 g/mol. The summed E-state index contributed by atoms with van der Waals surface area (Å²) in [7, 11) is 0. The molecule has 0 aliphatic heterocycles. The largest absolute Gasteiger partial charge is 0.426 e. The molecule has 1 aromatic heterocycles. The van der Waals surface area contributed by atoms with Gasteiger partial charge in [-0.25, -0.2) is 9.97 Å². The Labute approximate surface area is 244 Å². The second-order valence-corrected chi connectivity index (χ2v) is 12.8. The molecule has 2 fully saturated rings. The number of hydrogen-bond acceptors (Lipinski definition) is 4. The van der Waals surface area contributed by atoms with Gasteiger partial charge in [-0.2, -0.15) is 0 Å². The molecule has 4 rings (SSSR count). The Balaban J connectivity index is 1.16. The van der Waals surface area contributed by atoms with Gasteiger partial charge in [-0.1, -0.05) is 84.5 Å². The monoisotopic (exact) mass is 546 g/mol. The summed E-state index contributed by atoms with van der Waals surface area (Å²) >= 11 is 0. The quantitative estimate of drug-likeness (QED) is 0.127. The van der Waals surface area contributed by atoms with Crippen molar-refractivity contribution < 1.29 is 9.53 Å². The van der Waals surface area contributed by atoms with E-state index in [2.05, 4.69) is 13.8 Å². The number of carbonyl (C=O) groups is 1. The summed E-state index contributed by atoms with van der Waals surface area (Å²) in [6, 6.07) is 7.68. The molecule has 2 aliphatic rings. The van der Waals surface area contributed by atoms with E-state index in [1.165, 1.54) is 102 Å². The van der Waals surface area contributed by atoms with Crippen LogP contribution in [0, 0.1) is 17.8 Å². The standard InChI is InChI=1S/C36H54N2O2/c1-3-5-6-7-8-9-10-11-13-29-14-18-30(19-15-29)33-26-37-35(38-27-33)31-22-24-34(25-23-31)40-36(39)32-20-16-28(12-4-2)17-21-32/h22-30,32H,3-21H2,1-2H3. The van der Waals surface area contributed by atoms with Crippen molar-refractivity contribution in [2.75, 3.05) is 0 Å². The van der Waals surface area contributed by atoms with Crippen molar-refractivity contribution in [2.45, 2.75) is 142 Å². The van der Waals surface area contributed by atoms with Crippen LogP contribution in [0.15, 0.2) is 36.7 Å². The first kappa shape index (κ1) is 30.7. The van der Waals surface area contributed by atoms with Crippen LogP contribution < -0.4 is 4.74 Å². The molecule has 0 saturated heterocycles. The number of benzene rings is 1. The SMILES string of the molecule is CCCCCCCCCCC1CCC(c2cnc(-c3ccc(OC(=O)C4CCC(CCC)CC4)cc3)nc2)CC1. The lowest BCUT2D eigenvalue weighted by molar-refractivity contribution is -0.140. The van der Waals surface area contributed by atoms with Crippen molar-refractivity contribution in [1.29, 1.82) is 0 Å². The predicted octanol–water partition coefficient (Wildman–Crippen LogP) is 10.5. The Morgan fingerprint density at radius 3 is 1.90 bits per heavy atom. The van der Waals surface area contributed by atoms with Gasteiger partial charge < -0.3 is 4.74 Å². The fraction of sp³-hybridized carbons (Fsp3) is 0.694. The molecule has 40 heavy (non-hydrogen) atoms. The molecule has 1 aromatic carbocycles. The molecule has 0 atom stereocenters. The van der Waals surface area contributed by atoms with Gasteiger partial charge in [0, 0.05) is 18.0 Å². The van der Waals surface area contributed by atoms with Crippen LogP contribution in [0.1, 0.15) is 147 Å². The molecule has 0 spiro atoms. The summed E-state index contributed by atoms with van der Waals surface area (Å²) in [6.07, 6.45) is 28.8. The van der Waals surface area contributed by atoms with E-state index in [0.717, 1.165) is 48.9 Å². The van der Waals surface area contributed by atoms with Crippen LogP contribution in [0.25, 0.3) is 11.4 Å². The Morgan fingerprint density at radius 2 is 1.27 bits per heavy atom. The lowest BCUT2D eigenvalue weighted by Crippen LogP contribution is -2.25. The maximum absolute atomic E-state index is 12.7. The Kier molecular flexibility index (Phi) is 13.0. The van der Waals surface area contributed by atoms with Gasteiger partial charge >= 0.3 is 5.97 Å². The Morgan fingerprint density at radius 1 is 0.700 bits per heavy atom. The van der Waals surface area contributed by atoms with Crippen molar-refractivity contribution >= 4 is 5.97 Å². The number of aromatic nitrogens is 2. The molecule has 1 heterocycles. The van der Waals surface area contributed by atoms with Crippen molar-refractivity contribution in [3.8, 4) is 17.1 Å². The van der Waals surface area contributed by atoms with Gasteiger partial charge in [0.1, 0.15) is 5.75 Å². The van der Waals surface area contributed by atoms with Crippen LogP contribution >= 0.6 is 0 Å². The van der Waals surface area contributed by atoms with E-state index in [1.54, 1.807) is 0 Å².